The van der Waals surface area contributed by atoms with E-state index in [0.717, 1.165) is 16.8 Å². The third-order valence-electron chi connectivity index (χ3n) is 0.865. The van der Waals surface area contributed by atoms with Crippen LogP contribution in [-0.4, -0.2) is 27.2 Å². The lowest BCUT2D eigenvalue weighted by Gasteiger charge is -1.86. The van der Waals surface area contributed by atoms with E-state index < -0.39 is 0 Å². The SMILES string of the molecule is CCCSCBr.CCCSCO. The van der Waals surface area contributed by atoms with Crippen LogP contribution in [0.2, 0.25) is 0 Å². The lowest BCUT2D eigenvalue weighted by molar-refractivity contribution is 0.375. The molecule has 0 aliphatic carbocycles. The molecule has 0 aliphatic heterocycles. The molecule has 4 heteroatoms. The number of hydrogen-bond donors (Lipinski definition) is 1. The van der Waals surface area contributed by atoms with Crippen molar-refractivity contribution in [2.75, 3.05) is 22.1 Å². The van der Waals surface area contributed by atoms with Crippen molar-refractivity contribution >= 4 is 39.5 Å². The quantitative estimate of drug-likeness (QED) is 0.455. The Bertz CT molecular complexity index is 49.0. The van der Waals surface area contributed by atoms with E-state index in [1.807, 2.05) is 11.8 Å². The highest BCUT2D eigenvalue weighted by atomic mass is 79.9. The van der Waals surface area contributed by atoms with Crippen LogP contribution in [0.15, 0.2) is 0 Å². The lowest BCUT2D eigenvalue weighted by Crippen LogP contribution is -1.75. The van der Waals surface area contributed by atoms with Crippen molar-refractivity contribution in [1.82, 2.24) is 0 Å². The molecule has 0 aromatic rings. The van der Waals surface area contributed by atoms with Gasteiger partial charge in [-0.05, 0) is 24.3 Å². The van der Waals surface area contributed by atoms with Crippen LogP contribution >= 0.6 is 39.5 Å². The maximum absolute atomic E-state index is 8.16. The molecule has 0 aliphatic rings. The van der Waals surface area contributed by atoms with Crippen molar-refractivity contribution in [2.45, 2.75) is 26.7 Å². The van der Waals surface area contributed by atoms with Crippen LogP contribution in [0.4, 0.5) is 0 Å². The fourth-order valence-electron chi connectivity index (χ4n) is 0.408. The van der Waals surface area contributed by atoms with Gasteiger partial charge in [0, 0.05) is 4.66 Å². The molecule has 0 bridgehead atoms. The zero-order valence-corrected chi connectivity index (χ0v) is 11.1. The Morgan fingerprint density at radius 1 is 1.08 bits per heavy atom. The summed E-state index contributed by atoms with van der Waals surface area (Å²) in [5.41, 5.74) is 0. The van der Waals surface area contributed by atoms with Gasteiger partial charge in [0.15, 0.2) is 0 Å². The zero-order valence-electron chi connectivity index (χ0n) is 7.88. The Kier molecular flexibility index (Phi) is 23.5. The number of rotatable bonds is 6. The molecule has 1 nitrogen and oxygen atoms in total. The molecule has 0 fully saturated rings. The van der Waals surface area contributed by atoms with Crippen LogP contribution in [0.3, 0.4) is 0 Å². The fraction of sp³-hybridized carbons (Fsp3) is 1.00. The molecule has 0 saturated carbocycles. The van der Waals surface area contributed by atoms with E-state index in [0.29, 0.717) is 0 Å². The number of alkyl halides is 1. The van der Waals surface area contributed by atoms with E-state index in [1.165, 1.54) is 12.2 Å². The Morgan fingerprint density at radius 3 is 1.75 bits per heavy atom. The third-order valence-corrected chi connectivity index (χ3v) is 3.57. The summed E-state index contributed by atoms with van der Waals surface area (Å²) in [7, 11) is 0. The van der Waals surface area contributed by atoms with Crippen LogP contribution in [0.1, 0.15) is 26.7 Å². The predicted octanol–water partition coefficient (Wildman–Crippen LogP) is 3.56. The highest BCUT2D eigenvalue weighted by molar-refractivity contribution is 9.11. The molecule has 0 amide bonds. The first-order chi connectivity index (χ1) is 5.83. The Balaban J connectivity index is 0. The third kappa shape index (κ3) is 22.5. The first kappa shape index (κ1) is 15.6. The molecule has 12 heavy (non-hydrogen) atoms. The van der Waals surface area contributed by atoms with Gasteiger partial charge >= 0.3 is 0 Å². The smallest absolute Gasteiger partial charge is 0.0885 e. The minimum atomic E-state index is 0.272. The maximum Gasteiger partial charge on any atom is 0.0885 e. The maximum atomic E-state index is 8.16. The number of aliphatic hydroxyl groups is 1. The summed E-state index contributed by atoms with van der Waals surface area (Å²) in [5.74, 6) is 2.63. The van der Waals surface area contributed by atoms with Gasteiger partial charge in [0.1, 0.15) is 0 Å². The first-order valence-electron chi connectivity index (χ1n) is 4.15. The minimum absolute atomic E-state index is 0.272. The van der Waals surface area contributed by atoms with Gasteiger partial charge in [-0.3, -0.25) is 0 Å². The summed E-state index contributed by atoms with van der Waals surface area (Å²) >= 11 is 6.80. The second kappa shape index (κ2) is 18.0. The molecular formula is C8H19BrOS2. The average molecular weight is 275 g/mol. The van der Waals surface area contributed by atoms with E-state index in [2.05, 4.69) is 29.8 Å². The Morgan fingerprint density at radius 2 is 1.58 bits per heavy atom. The van der Waals surface area contributed by atoms with Crippen molar-refractivity contribution in [3.05, 3.63) is 0 Å². The molecule has 76 valence electrons. The van der Waals surface area contributed by atoms with Gasteiger partial charge in [0.05, 0.1) is 5.94 Å². The number of thioether (sulfide) groups is 2. The van der Waals surface area contributed by atoms with Crippen molar-refractivity contribution in [3.8, 4) is 0 Å². The van der Waals surface area contributed by atoms with Crippen LogP contribution < -0.4 is 0 Å². The standard InChI is InChI=1S/C4H9BrS.C4H10OS/c2*1-2-3-6-4-5/h2-4H2,1H3;5H,2-4H2,1H3. The second-order valence-corrected chi connectivity index (χ2v) is 5.54. The largest absolute Gasteiger partial charge is 0.386 e. The van der Waals surface area contributed by atoms with Gasteiger partial charge in [0.2, 0.25) is 0 Å². The molecule has 0 spiro atoms. The van der Waals surface area contributed by atoms with Gasteiger partial charge in [0.25, 0.3) is 0 Å². The molecular weight excluding hydrogens is 256 g/mol. The summed E-state index contributed by atoms with van der Waals surface area (Å²) in [5, 5.41) is 8.16. The molecule has 0 radical (unpaired) electrons. The predicted molar refractivity (Wildman–Crippen MR) is 66.4 cm³/mol. The Labute approximate surface area is 93.2 Å². The zero-order chi connectivity index (χ0) is 9.66. The van der Waals surface area contributed by atoms with E-state index in [4.69, 9.17) is 5.11 Å². The molecule has 0 aromatic carbocycles. The summed E-state index contributed by atoms with van der Waals surface area (Å²) in [6.07, 6.45) is 2.45. The van der Waals surface area contributed by atoms with Crippen molar-refractivity contribution < 1.29 is 5.11 Å². The molecule has 0 unspecified atom stereocenters. The van der Waals surface area contributed by atoms with E-state index in [9.17, 15) is 0 Å². The number of hydrogen-bond acceptors (Lipinski definition) is 3. The van der Waals surface area contributed by atoms with Gasteiger partial charge in [-0.2, -0.15) is 11.8 Å². The Hall–Kier alpha value is 1.14. The van der Waals surface area contributed by atoms with Crippen LogP contribution in [-0.2, 0) is 0 Å². The fourth-order valence-corrected chi connectivity index (χ4v) is 1.91. The summed E-state index contributed by atoms with van der Waals surface area (Å²) in [4.78, 5) is 0. The van der Waals surface area contributed by atoms with Crippen LogP contribution in [0, 0.1) is 0 Å². The topological polar surface area (TPSA) is 20.2 Å². The monoisotopic (exact) mass is 274 g/mol. The van der Waals surface area contributed by atoms with Crippen molar-refractivity contribution in [2.24, 2.45) is 0 Å². The second-order valence-electron chi connectivity index (χ2n) is 2.05. The van der Waals surface area contributed by atoms with E-state index in [-0.39, 0.29) is 5.94 Å². The number of halogens is 1. The summed E-state index contributed by atoms with van der Waals surface area (Å²) < 4.78 is 1.08. The molecule has 0 rings (SSSR count). The minimum Gasteiger partial charge on any atom is -0.386 e. The molecule has 0 aromatic heterocycles. The van der Waals surface area contributed by atoms with E-state index >= 15 is 0 Å². The van der Waals surface area contributed by atoms with Gasteiger partial charge in [-0.15, -0.1) is 11.8 Å². The summed E-state index contributed by atoms with van der Waals surface area (Å²) in [6, 6.07) is 0. The molecule has 0 heterocycles. The van der Waals surface area contributed by atoms with Crippen molar-refractivity contribution in [3.63, 3.8) is 0 Å². The molecule has 0 atom stereocenters. The first-order valence-corrected chi connectivity index (χ1v) is 7.58. The van der Waals surface area contributed by atoms with Crippen LogP contribution in [0.5, 0.6) is 0 Å². The van der Waals surface area contributed by atoms with Crippen LogP contribution in [0.25, 0.3) is 0 Å². The highest BCUT2D eigenvalue weighted by Gasteiger charge is 1.76. The van der Waals surface area contributed by atoms with Gasteiger partial charge in [-0.1, -0.05) is 29.8 Å². The van der Waals surface area contributed by atoms with Gasteiger partial charge < -0.3 is 5.11 Å². The van der Waals surface area contributed by atoms with E-state index in [1.54, 1.807) is 11.8 Å². The lowest BCUT2D eigenvalue weighted by atomic mass is 10.6. The normalized spacial score (nSPS) is 9.00. The average Bonchev–Trinajstić information content (AvgIpc) is 2.12. The van der Waals surface area contributed by atoms with Crippen molar-refractivity contribution in [1.29, 1.82) is 0 Å². The van der Waals surface area contributed by atoms with Gasteiger partial charge in [-0.25, -0.2) is 0 Å². The molecule has 1 N–H and O–H groups in total. The summed E-state index contributed by atoms with van der Waals surface area (Å²) in [6.45, 7) is 4.29. The highest BCUT2D eigenvalue weighted by Crippen LogP contribution is 2.04. The molecule has 0 saturated heterocycles. The number of aliphatic hydroxyl groups excluding tert-OH is 1.